The molecule has 1 rings (SSSR count). The van der Waals surface area contributed by atoms with Crippen molar-refractivity contribution in [1.29, 1.82) is 0 Å². The predicted molar refractivity (Wildman–Crippen MR) is 42.5 cm³/mol. The van der Waals surface area contributed by atoms with E-state index in [2.05, 4.69) is 5.32 Å². The molecule has 1 heterocycles. The van der Waals surface area contributed by atoms with Crippen LogP contribution in [0.1, 0.15) is 13.8 Å². The van der Waals surface area contributed by atoms with E-state index in [1.54, 1.807) is 0 Å². The van der Waals surface area contributed by atoms with Gasteiger partial charge in [-0.05, 0) is 13.8 Å². The first-order chi connectivity index (χ1) is 5.49. The molecular formula is C7H14N2O3. The molecular weight excluding hydrogens is 160 g/mol. The minimum Gasteiger partial charge on any atom is -0.352 e. The zero-order chi connectivity index (χ0) is 9.19. The monoisotopic (exact) mass is 174 g/mol. The quantitative estimate of drug-likeness (QED) is 0.609. The Morgan fingerprint density at radius 2 is 2.42 bits per heavy atom. The van der Waals surface area contributed by atoms with E-state index in [1.165, 1.54) is 0 Å². The summed E-state index contributed by atoms with van der Waals surface area (Å²) in [5, 5.41) is 2.46. The van der Waals surface area contributed by atoms with Gasteiger partial charge in [0, 0.05) is 6.54 Å². The standard InChI is InChI=1S/C7H14N2O3/c1-7(2)11-4-5(12-7)3-9-6(8)10/h5H,3-4H2,1-2H3,(H3,8,9,10). The smallest absolute Gasteiger partial charge is 0.312 e. The number of hydrogen-bond donors (Lipinski definition) is 2. The Balaban J connectivity index is 2.24. The van der Waals surface area contributed by atoms with E-state index in [0.29, 0.717) is 13.2 Å². The number of hydrogen-bond acceptors (Lipinski definition) is 3. The first-order valence-electron chi connectivity index (χ1n) is 3.85. The number of carbonyl (C=O) groups is 1. The molecule has 0 spiro atoms. The maximum Gasteiger partial charge on any atom is 0.312 e. The van der Waals surface area contributed by atoms with Crippen LogP contribution in [0.4, 0.5) is 4.79 Å². The summed E-state index contributed by atoms with van der Waals surface area (Å²) < 4.78 is 10.7. The fourth-order valence-corrected chi connectivity index (χ4v) is 1.08. The van der Waals surface area contributed by atoms with Gasteiger partial charge < -0.3 is 20.5 Å². The highest BCUT2D eigenvalue weighted by Crippen LogP contribution is 2.21. The number of urea groups is 1. The summed E-state index contributed by atoms with van der Waals surface area (Å²) in [5.74, 6) is -0.538. The predicted octanol–water partition coefficient (Wildman–Crippen LogP) is -0.194. The molecule has 1 aliphatic rings. The number of amides is 2. The normalized spacial score (nSPS) is 27.0. The molecule has 0 aromatic rings. The van der Waals surface area contributed by atoms with Gasteiger partial charge in [0.15, 0.2) is 5.79 Å². The van der Waals surface area contributed by atoms with Crippen LogP contribution in [-0.2, 0) is 9.47 Å². The number of rotatable bonds is 2. The van der Waals surface area contributed by atoms with Crippen LogP contribution >= 0.6 is 0 Å². The molecule has 1 saturated heterocycles. The summed E-state index contributed by atoms with van der Waals surface area (Å²) in [4.78, 5) is 10.3. The first kappa shape index (κ1) is 9.28. The molecule has 0 bridgehead atoms. The maximum absolute atomic E-state index is 10.3. The highest BCUT2D eigenvalue weighted by molar-refractivity contribution is 5.71. The fourth-order valence-electron chi connectivity index (χ4n) is 1.08. The third-order valence-corrected chi connectivity index (χ3v) is 1.57. The van der Waals surface area contributed by atoms with Crippen molar-refractivity contribution in [3.05, 3.63) is 0 Å². The van der Waals surface area contributed by atoms with E-state index < -0.39 is 11.8 Å². The summed E-state index contributed by atoms with van der Waals surface area (Å²) >= 11 is 0. The maximum atomic E-state index is 10.3. The molecule has 5 nitrogen and oxygen atoms in total. The average Bonchev–Trinajstić information content (AvgIpc) is 2.26. The average molecular weight is 174 g/mol. The minimum atomic E-state index is -0.539. The minimum absolute atomic E-state index is 0.0903. The van der Waals surface area contributed by atoms with Gasteiger partial charge in [-0.15, -0.1) is 0 Å². The van der Waals surface area contributed by atoms with Crippen LogP contribution in [0, 0.1) is 0 Å². The second-order valence-electron chi connectivity index (χ2n) is 3.20. The lowest BCUT2D eigenvalue weighted by molar-refractivity contribution is -0.137. The van der Waals surface area contributed by atoms with Gasteiger partial charge in [-0.1, -0.05) is 0 Å². The molecule has 70 valence electrons. The largest absolute Gasteiger partial charge is 0.352 e. The van der Waals surface area contributed by atoms with Crippen LogP contribution in [0.25, 0.3) is 0 Å². The van der Waals surface area contributed by atoms with Gasteiger partial charge in [0.25, 0.3) is 0 Å². The van der Waals surface area contributed by atoms with E-state index in [0.717, 1.165) is 0 Å². The topological polar surface area (TPSA) is 73.6 Å². The molecule has 0 saturated carbocycles. The number of ether oxygens (including phenoxy) is 2. The molecule has 0 aliphatic carbocycles. The van der Waals surface area contributed by atoms with Gasteiger partial charge in [-0.25, -0.2) is 4.79 Å². The molecule has 3 N–H and O–H groups in total. The van der Waals surface area contributed by atoms with Gasteiger partial charge in [-0.2, -0.15) is 0 Å². The molecule has 2 amide bonds. The molecule has 0 aromatic heterocycles. The van der Waals surface area contributed by atoms with Crippen LogP contribution in [-0.4, -0.2) is 31.1 Å². The lowest BCUT2D eigenvalue weighted by Gasteiger charge is -2.16. The first-order valence-corrected chi connectivity index (χ1v) is 3.85. The zero-order valence-electron chi connectivity index (χ0n) is 7.29. The lowest BCUT2D eigenvalue weighted by atomic mass is 10.4. The molecule has 12 heavy (non-hydrogen) atoms. The molecule has 1 atom stereocenters. The molecule has 5 heteroatoms. The van der Waals surface area contributed by atoms with Crippen LogP contribution in [0.5, 0.6) is 0 Å². The van der Waals surface area contributed by atoms with Crippen molar-refractivity contribution in [1.82, 2.24) is 5.32 Å². The van der Waals surface area contributed by atoms with E-state index in [9.17, 15) is 4.79 Å². The Morgan fingerprint density at radius 3 is 2.83 bits per heavy atom. The highest BCUT2D eigenvalue weighted by atomic mass is 16.7. The van der Waals surface area contributed by atoms with Crippen molar-refractivity contribution < 1.29 is 14.3 Å². The Kier molecular flexibility index (Phi) is 2.54. The third-order valence-electron chi connectivity index (χ3n) is 1.57. The SMILES string of the molecule is CC1(C)OCC(CNC(N)=O)O1. The van der Waals surface area contributed by atoms with Gasteiger partial charge in [0.1, 0.15) is 6.10 Å². The number of nitrogens with two attached hydrogens (primary N) is 1. The van der Waals surface area contributed by atoms with Gasteiger partial charge >= 0.3 is 6.03 Å². The Morgan fingerprint density at radius 1 is 1.75 bits per heavy atom. The summed E-state index contributed by atoms with van der Waals surface area (Å²) in [5.41, 5.74) is 4.89. The summed E-state index contributed by atoms with van der Waals surface area (Å²) in [6.07, 6.45) is -0.0903. The van der Waals surface area contributed by atoms with E-state index >= 15 is 0 Å². The van der Waals surface area contributed by atoms with Crippen LogP contribution < -0.4 is 11.1 Å². The van der Waals surface area contributed by atoms with Crippen LogP contribution in [0.2, 0.25) is 0 Å². The van der Waals surface area contributed by atoms with Crippen molar-refractivity contribution in [2.75, 3.05) is 13.2 Å². The highest BCUT2D eigenvalue weighted by Gasteiger charge is 2.32. The Bertz CT molecular complexity index is 181. The van der Waals surface area contributed by atoms with Crippen LogP contribution in [0.15, 0.2) is 0 Å². The second kappa shape index (κ2) is 3.28. The third kappa shape index (κ3) is 2.67. The summed E-state index contributed by atoms with van der Waals surface area (Å²) in [6, 6.07) is -0.539. The Labute approximate surface area is 71.2 Å². The second-order valence-corrected chi connectivity index (χ2v) is 3.20. The molecule has 0 aromatic carbocycles. The Hall–Kier alpha value is -0.810. The van der Waals surface area contributed by atoms with E-state index in [-0.39, 0.29) is 6.10 Å². The lowest BCUT2D eigenvalue weighted by Crippen LogP contribution is -2.37. The van der Waals surface area contributed by atoms with Crippen molar-refractivity contribution in [2.45, 2.75) is 25.7 Å². The zero-order valence-corrected chi connectivity index (χ0v) is 7.29. The van der Waals surface area contributed by atoms with Crippen molar-refractivity contribution in [3.8, 4) is 0 Å². The van der Waals surface area contributed by atoms with Crippen LogP contribution in [0.3, 0.4) is 0 Å². The number of primary amides is 1. The molecule has 1 aliphatic heterocycles. The number of nitrogens with one attached hydrogen (secondary N) is 1. The van der Waals surface area contributed by atoms with Gasteiger partial charge in [0.05, 0.1) is 6.61 Å². The molecule has 1 unspecified atom stereocenters. The molecule has 0 radical (unpaired) electrons. The van der Waals surface area contributed by atoms with Crippen molar-refractivity contribution in [3.63, 3.8) is 0 Å². The van der Waals surface area contributed by atoms with Crippen molar-refractivity contribution >= 4 is 6.03 Å². The van der Waals surface area contributed by atoms with E-state index in [4.69, 9.17) is 15.2 Å². The van der Waals surface area contributed by atoms with Gasteiger partial charge in [-0.3, -0.25) is 0 Å². The van der Waals surface area contributed by atoms with Crippen molar-refractivity contribution in [2.24, 2.45) is 5.73 Å². The fraction of sp³-hybridized carbons (Fsp3) is 0.857. The van der Waals surface area contributed by atoms with Gasteiger partial charge in [0.2, 0.25) is 0 Å². The van der Waals surface area contributed by atoms with E-state index in [1.807, 2.05) is 13.8 Å². The number of carbonyl (C=O) groups excluding carboxylic acids is 1. The summed E-state index contributed by atoms with van der Waals surface area (Å²) in [7, 11) is 0. The summed E-state index contributed by atoms with van der Waals surface area (Å²) in [6.45, 7) is 4.56. The molecule has 1 fully saturated rings.